The van der Waals surface area contributed by atoms with E-state index in [0.29, 0.717) is 0 Å². The fraction of sp³-hybridized carbons (Fsp3) is 0.267. The van der Waals surface area contributed by atoms with Gasteiger partial charge in [0.2, 0.25) is 5.89 Å². The minimum absolute atomic E-state index is 0.269. The Hall–Kier alpha value is -2.77. The van der Waals surface area contributed by atoms with Crippen molar-refractivity contribution in [3.63, 3.8) is 0 Å². The quantitative estimate of drug-likeness (QED) is 0.881. The third-order valence-corrected chi connectivity index (χ3v) is 3.13. The van der Waals surface area contributed by atoms with Gasteiger partial charge in [-0.1, -0.05) is 19.9 Å². The molecule has 122 valence electrons. The first kappa shape index (κ1) is 16.6. The highest BCUT2D eigenvalue weighted by Crippen LogP contribution is 2.25. The van der Waals surface area contributed by atoms with Crippen molar-refractivity contribution >= 4 is 11.9 Å². The van der Waals surface area contributed by atoms with Crippen LogP contribution in [0.1, 0.15) is 24.3 Å². The Balaban J connectivity index is 2.25. The number of hydrogen-bond acceptors (Lipinski definition) is 4. The number of benzene rings is 1. The number of nitrogens with zero attached hydrogens (tertiary/aromatic N) is 1. The van der Waals surface area contributed by atoms with E-state index in [1.54, 1.807) is 13.8 Å². The van der Waals surface area contributed by atoms with Crippen LogP contribution in [0, 0.1) is 17.6 Å². The van der Waals surface area contributed by atoms with Crippen LogP contribution in [0.5, 0.6) is 0 Å². The van der Waals surface area contributed by atoms with E-state index in [4.69, 9.17) is 9.52 Å². The Kier molecular flexibility index (Phi) is 4.73. The Morgan fingerprint density at radius 1 is 1.26 bits per heavy atom. The number of aromatic nitrogens is 1. The molecule has 0 aliphatic carbocycles. The van der Waals surface area contributed by atoms with Gasteiger partial charge in [-0.2, -0.15) is 0 Å². The molecule has 0 unspecified atom stereocenters. The van der Waals surface area contributed by atoms with E-state index in [0.717, 1.165) is 18.4 Å². The lowest BCUT2D eigenvalue weighted by molar-refractivity contribution is -0.140. The van der Waals surface area contributed by atoms with E-state index in [9.17, 15) is 18.4 Å². The van der Waals surface area contributed by atoms with E-state index >= 15 is 0 Å². The predicted octanol–water partition coefficient (Wildman–Crippen LogP) is 2.46. The molecule has 0 saturated heterocycles. The van der Waals surface area contributed by atoms with Gasteiger partial charge in [-0.3, -0.25) is 4.79 Å². The van der Waals surface area contributed by atoms with Gasteiger partial charge in [0.15, 0.2) is 5.69 Å². The second-order valence-corrected chi connectivity index (χ2v) is 5.17. The third kappa shape index (κ3) is 3.53. The summed E-state index contributed by atoms with van der Waals surface area (Å²) in [5.41, 5.74) is -0.764. The largest absolute Gasteiger partial charge is 0.480 e. The summed E-state index contributed by atoms with van der Waals surface area (Å²) in [6.45, 7) is 3.25. The summed E-state index contributed by atoms with van der Waals surface area (Å²) >= 11 is 0. The smallest absolute Gasteiger partial charge is 0.326 e. The number of carbonyl (C=O) groups is 2. The molecule has 0 bridgehead atoms. The zero-order valence-corrected chi connectivity index (χ0v) is 12.3. The SMILES string of the molecule is CC(C)[C@@H](NC(=O)c1coc(-c2c(F)cccc2F)n1)C(=O)O. The molecule has 1 atom stereocenters. The van der Waals surface area contributed by atoms with Crippen LogP contribution in [0.15, 0.2) is 28.9 Å². The lowest BCUT2D eigenvalue weighted by Crippen LogP contribution is -2.44. The van der Waals surface area contributed by atoms with Crippen molar-refractivity contribution in [2.24, 2.45) is 5.92 Å². The first-order valence-corrected chi connectivity index (χ1v) is 6.74. The normalized spacial score (nSPS) is 12.2. The minimum Gasteiger partial charge on any atom is -0.480 e. The minimum atomic E-state index is -1.20. The van der Waals surface area contributed by atoms with Crippen molar-refractivity contribution in [1.82, 2.24) is 10.3 Å². The van der Waals surface area contributed by atoms with Crippen molar-refractivity contribution in [3.8, 4) is 11.5 Å². The number of carbonyl (C=O) groups excluding carboxylic acids is 1. The van der Waals surface area contributed by atoms with Crippen molar-refractivity contribution in [2.45, 2.75) is 19.9 Å². The molecule has 8 heteroatoms. The molecule has 1 aromatic carbocycles. The molecule has 2 aromatic rings. The van der Waals surface area contributed by atoms with Crippen LogP contribution in [0.3, 0.4) is 0 Å². The van der Waals surface area contributed by atoms with Crippen LogP contribution >= 0.6 is 0 Å². The monoisotopic (exact) mass is 324 g/mol. The number of hydrogen-bond donors (Lipinski definition) is 2. The highest BCUT2D eigenvalue weighted by atomic mass is 19.1. The lowest BCUT2D eigenvalue weighted by atomic mass is 10.0. The number of aliphatic carboxylic acids is 1. The zero-order chi connectivity index (χ0) is 17.1. The van der Waals surface area contributed by atoms with Crippen LogP contribution in [0.25, 0.3) is 11.5 Å². The molecular formula is C15H14F2N2O4. The van der Waals surface area contributed by atoms with E-state index in [1.165, 1.54) is 6.07 Å². The fourth-order valence-electron chi connectivity index (χ4n) is 1.92. The highest BCUT2D eigenvalue weighted by Gasteiger charge is 2.26. The van der Waals surface area contributed by atoms with E-state index in [1.807, 2.05) is 0 Å². The van der Waals surface area contributed by atoms with Crippen LogP contribution in [-0.4, -0.2) is 28.0 Å². The second kappa shape index (κ2) is 6.55. The summed E-state index contributed by atoms with van der Waals surface area (Å²) in [5.74, 6) is -4.53. The van der Waals surface area contributed by atoms with Gasteiger partial charge in [-0.15, -0.1) is 0 Å². The molecule has 1 heterocycles. The number of rotatable bonds is 5. The van der Waals surface area contributed by atoms with Crippen LogP contribution in [-0.2, 0) is 4.79 Å². The predicted molar refractivity (Wildman–Crippen MR) is 75.6 cm³/mol. The Bertz CT molecular complexity index is 723. The van der Waals surface area contributed by atoms with Gasteiger partial charge in [0.05, 0.1) is 0 Å². The van der Waals surface area contributed by atoms with Gasteiger partial charge in [0.25, 0.3) is 5.91 Å². The van der Waals surface area contributed by atoms with Gasteiger partial charge in [0, 0.05) is 0 Å². The molecule has 2 N–H and O–H groups in total. The summed E-state index contributed by atoms with van der Waals surface area (Å²) in [6, 6.07) is 2.13. The third-order valence-electron chi connectivity index (χ3n) is 3.13. The van der Waals surface area contributed by atoms with Gasteiger partial charge < -0.3 is 14.8 Å². The number of carboxylic acid groups (broad SMARTS) is 1. The Morgan fingerprint density at radius 3 is 2.39 bits per heavy atom. The lowest BCUT2D eigenvalue weighted by Gasteiger charge is -2.16. The standard InChI is InChI=1S/C15H14F2N2O4/c1-7(2)12(15(21)22)19-13(20)10-6-23-14(18-10)11-8(16)4-3-5-9(11)17/h3-7,12H,1-2H3,(H,19,20)(H,21,22)/t12-/m1/s1. The first-order chi connectivity index (χ1) is 10.8. The second-order valence-electron chi connectivity index (χ2n) is 5.17. The van der Waals surface area contributed by atoms with Gasteiger partial charge in [-0.25, -0.2) is 18.6 Å². The molecule has 23 heavy (non-hydrogen) atoms. The van der Waals surface area contributed by atoms with Crippen molar-refractivity contribution in [1.29, 1.82) is 0 Å². The summed E-state index contributed by atoms with van der Waals surface area (Å²) in [6.07, 6.45) is 0.912. The molecule has 2 rings (SSSR count). The highest BCUT2D eigenvalue weighted by molar-refractivity contribution is 5.95. The molecule has 0 aliphatic rings. The number of halogens is 2. The molecule has 1 aromatic heterocycles. The molecule has 1 amide bonds. The maximum atomic E-state index is 13.7. The number of nitrogens with one attached hydrogen (secondary N) is 1. The molecule has 0 aliphatic heterocycles. The van der Waals surface area contributed by atoms with Gasteiger partial charge >= 0.3 is 5.97 Å². The summed E-state index contributed by atoms with van der Waals surface area (Å²) in [5, 5.41) is 11.3. The van der Waals surface area contributed by atoms with Crippen molar-refractivity contribution in [2.75, 3.05) is 0 Å². The zero-order valence-electron chi connectivity index (χ0n) is 12.3. The summed E-state index contributed by atoms with van der Waals surface area (Å²) in [4.78, 5) is 26.8. The Labute approximate surface area is 130 Å². The van der Waals surface area contributed by atoms with Gasteiger partial charge in [0.1, 0.15) is 29.5 Å². The fourth-order valence-corrected chi connectivity index (χ4v) is 1.92. The average molecular weight is 324 g/mol. The number of oxazole rings is 1. The van der Waals surface area contributed by atoms with Crippen molar-refractivity contribution < 1.29 is 27.9 Å². The molecule has 0 radical (unpaired) electrons. The molecule has 6 nitrogen and oxygen atoms in total. The van der Waals surface area contributed by atoms with E-state index < -0.39 is 41.0 Å². The first-order valence-electron chi connectivity index (χ1n) is 6.74. The maximum absolute atomic E-state index is 13.7. The van der Waals surface area contributed by atoms with Crippen molar-refractivity contribution in [3.05, 3.63) is 41.8 Å². The summed E-state index contributed by atoms with van der Waals surface area (Å²) < 4.78 is 32.2. The molecule has 0 fully saturated rings. The van der Waals surface area contributed by atoms with E-state index in [-0.39, 0.29) is 11.6 Å². The number of amides is 1. The summed E-state index contributed by atoms with van der Waals surface area (Å²) in [7, 11) is 0. The Morgan fingerprint density at radius 2 is 1.87 bits per heavy atom. The van der Waals surface area contributed by atoms with Crippen LogP contribution < -0.4 is 5.32 Å². The van der Waals surface area contributed by atoms with Crippen LogP contribution in [0.2, 0.25) is 0 Å². The molecular weight excluding hydrogens is 310 g/mol. The van der Waals surface area contributed by atoms with Crippen LogP contribution in [0.4, 0.5) is 8.78 Å². The van der Waals surface area contributed by atoms with E-state index in [2.05, 4.69) is 10.3 Å². The topological polar surface area (TPSA) is 92.4 Å². The average Bonchev–Trinajstić information content (AvgIpc) is 2.93. The molecule has 0 saturated carbocycles. The molecule has 0 spiro atoms. The van der Waals surface area contributed by atoms with Gasteiger partial charge in [-0.05, 0) is 18.1 Å². The number of carboxylic acids is 1. The maximum Gasteiger partial charge on any atom is 0.326 e.